The first kappa shape index (κ1) is 15.0. The van der Waals surface area contributed by atoms with Gasteiger partial charge in [-0.15, -0.1) is 0 Å². The SMILES string of the molecule is C[C@@H](O)c1ccc(OCCc2ccccc2[N+](=O)[O-])cc1. The monoisotopic (exact) mass is 287 g/mol. The Hall–Kier alpha value is -2.40. The van der Waals surface area contributed by atoms with E-state index in [0.717, 1.165) is 5.56 Å². The first-order valence-electron chi connectivity index (χ1n) is 6.71. The van der Waals surface area contributed by atoms with Gasteiger partial charge in [-0.2, -0.15) is 0 Å². The van der Waals surface area contributed by atoms with Crippen molar-refractivity contribution in [1.82, 2.24) is 0 Å². The van der Waals surface area contributed by atoms with Crippen molar-refractivity contribution in [3.8, 4) is 5.75 Å². The van der Waals surface area contributed by atoms with Crippen molar-refractivity contribution in [2.75, 3.05) is 6.61 Å². The van der Waals surface area contributed by atoms with Crippen molar-refractivity contribution < 1.29 is 14.8 Å². The van der Waals surface area contributed by atoms with E-state index in [4.69, 9.17) is 4.74 Å². The summed E-state index contributed by atoms with van der Waals surface area (Å²) in [4.78, 5) is 10.5. The molecule has 0 fully saturated rings. The molecule has 2 aromatic rings. The van der Waals surface area contributed by atoms with Crippen LogP contribution in [0.5, 0.6) is 5.75 Å². The quantitative estimate of drug-likeness (QED) is 0.653. The summed E-state index contributed by atoms with van der Waals surface area (Å²) >= 11 is 0. The van der Waals surface area contributed by atoms with Gasteiger partial charge in [0.25, 0.3) is 5.69 Å². The first-order valence-corrected chi connectivity index (χ1v) is 6.71. The Kier molecular flexibility index (Phi) is 4.90. The number of ether oxygens (including phenoxy) is 1. The molecule has 0 saturated heterocycles. The molecule has 5 nitrogen and oxygen atoms in total. The number of nitrogens with zero attached hydrogens (tertiary/aromatic N) is 1. The van der Waals surface area contributed by atoms with E-state index >= 15 is 0 Å². The van der Waals surface area contributed by atoms with Crippen LogP contribution in [0, 0.1) is 10.1 Å². The van der Waals surface area contributed by atoms with Gasteiger partial charge < -0.3 is 9.84 Å². The Morgan fingerprint density at radius 1 is 1.19 bits per heavy atom. The number of aliphatic hydroxyl groups excluding tert-OH is 1. The smallest absolute Gasteiger partial charge is 0.272 e. The van der Waals surface area contributed by atoms with Gasteiger partial charge in [-0.3, -0.25) is 10.1 Å². The van der Waals surface area contributed by atoms with Crippen molar-refractivity contribution in [2.24, 2.45) is 0 Å². The van der Waals surface area contributed by atoms with Gasteiger partial charge >= 0.3 is 0 Å². The number of nitro groups is 1. The van der Waals surface area contributed by atoms with E-state index < -0.39 is 6.10 Å². The Morgan fingerprint density at radius 2 is 1.86 bits per heavy atom. The topological polar surface area (TPSA) is 72.6 Å². The summed E-state index contributed by atoms with van der Waals surface area (Å²) in [5.74, 6) is 0.679. The van der Waals surface area contributed by atoms with E-state index in [0.29, 0.717) is 24.3 Å². The molecule has 0 radical (unpaired) electrons. The van der Waals surface area contributed by atoms with Crippen LogP contribution in [0.1, 0.15) is 24.2 Å². The number of benzene rings is 2. The first-order chi connectivity index (χ1) is 10.1. The van der Waals surface area contributed by atoms with E-state index in [1.165, 1.54) is 6.07 Å². The van der Waals surface area contributed by atoms with Crippen molar-refractivity contribution >= 4 is 5.69 Å². The van der Waals surface area contributed by atoms with E-state index in [1.54, 1.807) is 49.4 Å². The molecule has 0 heterocycles. The highest BCUT2D eigenvalue weighted by molar-refractivity contribution is 5.40. The Balaban J connectivity index is 1.94. The van der Waals surface area contributed by atoms with E-state index in [1.807, 2.05) is 0 Å². The van der Waals surface area contributed by atoms with Crippen LogP contribution in [0.25, 0.3) is 0 Å². The van der Waals surface area contributed by atoms with Gasteiger partial charge in [0, 0.05) is 18.1 Å². The second-order valence-electron chi connectivity index (χ2n) is 4.73. The van der Waals surface area contributed by atoms with Crippen LogP contribution in [0.3, 0.4) is 0 Å². The van der Waals surface area contributed by atoms with Crippen LogP contribution in [-0.4, -0.2) is 16.6 Å². The van der Waals surface area contributed by atoms with Crippen molar-refractivity contribution in [1.29, 1.82) is 0 Å². The third-order valence-corrected chi connectivity index (χ3v) is 3.19. The molecule has 5 heteroatoms. The number of nitro benzene ring substituents is 1. The van der Waals surface area contributed by atoms with Gasteiger partial charge in [0.15, 0.2) is 0 Å². The minimum atomic E-state index is -0.508. The molecule has 0 aliphatic rings. The molecule has 0 bridgehead atoms. The number of rotatable bonds is 6. The van der Waals surface area contributed by atoms with E-state index in [2.05, 4.69) is 0 Å². The van der Waals surface area contributed by atoms with E-state index in [-0.39, 0.29) is 10.6 Å². The summed E-state index contributed by atoms with van der Waals surface area (Å²) in [7, 11) is 0. The third-order valence-electron chi connectivity index (χ3n) is 3.19. The summed E-state index contributed by atoms with van der Waals surface area (Å²) in [5, 5.41) is 20.3. The van der Waals surface area contributed by atoms with Gasteiger partial charge in [0.1, 0.15) is 5.75 Å². The summed E-state index contributed by atoms with van der Waals surface area (Å²) in [6.45, 7) is 2.06. The van der Waals surface area contributed by atoms with Crippen LogP contribution in [0.2, 0.25) is 0 Å². The number of hydrogen-bond acceptors (Lipinski definition) is 4. The van der Waals surface area contributed by atoms with Crippen molar-refractivity contribution in [3.63, 3.8) is 0 Å². The summed E-state index contributed by atoms with van der Waals surface area (Å²) in [6, 6.07) is 13.8. The average Bonchev–Trinajstić information content (AvgIpc) is 2.48. The fourth-order valence-corrected chi connectivity index (χ4v) is 2.02. The minimum Gasteiger partial charge on any atom is -0.493 e. The molecule has 0 unspecified atom stereocenters. The van der Waals surface area contributed by atoms with Crippen molar-refractivity contribution in [3.05, 3.63) is 69.8 Å². The predicted octanol–water partition coefficient (Wildman–Crippen LogP) is 3.27. The third kappa shape index (κ3) is 4.03. The fraction of sp³-hybridized carbons (Fsp3) is 0.250. The molecule has 2 rings (SSSR count). The Labute approximate surface area is 123 Å². The molecule has 110 valence electrons. The van der Waals surface area contributed by atoms with Gasteiger partial charge in [-0.05, 0) is 24.6 Å². The molecule has 1 N–H and O–H groups in total. The molecular weight excluding hydrogens is 270 g/mol. The lowest BCUT2D eigenvalue weighted by molar-refractivity contribution is -0.385. The predicted molar refractivity (Wildman–Crippen MR) is 79.4 cm³/mol. The minimum absolute atomic E-state index is 0.116. The number of aliphatic hydroxyl groups is 1. The van der Waals surface area contributed by atoms with Crippen LogP contribution < -0.4 is 4.74 Å². The summed E-state index contributed by atoms with van der Waals surface area (Å²) < 4.78 is 5.58. The van der Waals surface area contributed by atoms with Crippen LogP contribution in [-0.2, 0) is 6.42 Å². The van der Waals surface area contributed by atoms with Gasteiger partial charge in [0.2, 0.25) is 0 Å². The molecule has 0 spiro atoms. The number of para-hydroxylation sites is 1. The second kappa shape index (κ2) is 6.85. The van der Waals surface area contributed by atoms with Gasteiger partial charge in [-0.1, -0.05) is 30.3 Å². The molecule has 0 aliphatic carbocycles. The highest BCUT2D eigenvalue weighted by Gasteiger charge is 2.11. The molecule has 0 aromatic heterocycles. The number of hydrogen-bond donors (Lipinski definition) is 1. The standard InChI is InChI=1S/C16H17NO4/c1-12(18)13-6-8-15(9-7-13)21-11-10-14-4-2-3-5-16(14)17(19)20/h2-9,12,18H,10-11H2,1H3/t12-/m1/s1. The highest BCUT2D eigenvalue weighted by atomic mass is 16.6. The summed E-state index contributed by atoms with van der Waals surface area (Å²) in [5.41, 5.74) is 1.59. The Morgan fingerprint density at radius 3 is 2.48 bits per heavy atom. The van der Waals surface area contributed by atoms with Gasteiger partial charge in [0.05, 0.1) is 17.6 Å². The lowest BCUT2D eigenvalue weighted by Crippen LogP contribution is -2.04. The molecular formula is C16H17NO4. The Bertz CT molecular complexity index is 608. The van der Waals surface area contributed by atoms with Crippen LogP contribution >= 0.6 is 0 Å². The van der Waals surface area contributed by atoms with Crippen molar-refractivity contribution in [2.45, 2.75) is 19.4 Å². The maximum Gasteiger partial charge on any atom is 0.272 e. The average molecular weight is 287 g/mol. The van der Waals surface area contributed by atoms with Crippen LogP contribution in [0.15, 0.2) is 48.5 Å². The molecule has 0 saturated carbocycles. The molecule has 21 heavy (non-hydrogen) atoms. The zero-order chi connectivity index (χ0) is 15.2. The lowest BCUT2D eigenvalue weighted by atomic mass is 10.1. The maximum absolute atomic E-state index is 10.9. The molecule has 0 amide bonds. The molecule has 1 atom stereocenters. The zero-order valence-electron chi connectivity index (χ0n) is 11.7. The normalized spacial score (nSPS) is 11.9. The zero-order valence-corrected chi connectivity index (χ0v) is 11.7. The second-order valence-corrected chi connectivity index (χ2v) is 4.73. The molecule has 0 aliphatic heterocycles. The fourth-order valence-electron chi connectivity index (χ4n) is 2.02. The molecule has 2 aromatic carbocycles. The maximum atomic E-state index is 10.9. The highest BCUT2D eigenvalue weighted by Crippen LogP contribution is 2.20. The largest absolute Gasteiger partial charge is 0.493 e. The summed E-state index contributed by atoms with van der Waals surface area (Å²) in [6.07, 6.45) is -0.0407. The lowest BCUT2D eigenvalue weighted by Gasteiger charge is -2.08. The van der Waals surface area contributed by atoms with E-state index in [9.17, 15) is 15.2 Å². The van der Waals surface area contributed by atoms with Crippen LogP contribution in [0.4, 0.5) is 5.69 Å². The van der Waals surface area contributed by atoms with Gasteiger partial charge in [-0.25, -0.2) is 0 Å².